The van der Waals surface area contributed by atoms with Gasteiger partial charge in [0.05, 0.1) is 18.3 Å². The van der Waals surface area contributed by atoms with Gasteiger partial charge in [0.2, 0.25) is 0 Å². The first-order valence-electron chi connectivity index (χ1n) is 10.0. The molecule has 1 amide bonds. The van der Waals surface area contributed by atoms with Crippen molar-refractivity contribution in [2.24, 2.45) is 0 Å². The minimum atomic E-state index is -0.758. The Morgan fingerprint density at radius 1 is 1.29 bits per heavy atom. The van der Waals surface area contributed by atoms with Crippen LogP contribution in [0.15, 0.2) is 48.4 Å². The Bertz CT molecular complexity index is 1080. The second kappa shape index (κ2) is 8.13. The van der Waals surface area contributed by atoms with E-state index in [0.29, 0.717) is 41.4 Å². The van der Waals surface area contributed by atoms with Crippen LogP contribution in [-0.4, -0.2) is 46.0 Å². The maximum absolute atomic E-state index is 13.8. The highest BCUT2D eigenvalue weighted by Gasteiger charge is 2.38. The second-order valence-corrected chi connectivity index (χ2v) is 8.04. The van der Waals surface area contributed by atoms with Crippen LogP contribution in [0.2, 0.25) is 0 Å². The number of rotatable bonds is 6. The van der Waals surface area contributed by atoms with Gasteiger partial charge in [0.15, 0.2) is 0 Å². The van der Waals surface area contributed by atoms with Crippen LogP contribution in [0.25, 0.3) is 11.1 Å². The predicted molar refractivity (Wildman–Crippen MR) is 116 cm³/mol. The SMILES string of the molecule is CC1(C)O/C(=C2/C(=O)Nc3ccc(F)cc32)C=C1c1ccc(NCCC(O)CO)nc1. The van der Waals surface area contributed by atoms with Gasteiger partial charge in [-0.15, -0.1) is 0 Å². The van der Waals surface area contributed by atoms with Crippen molar-refractivity contribution in [3.8, 4) is 0 Å². The number of halogens is 1. The van der Waals surface area contributed by atoms with Crippen molar-refractivity contribution in [2.75, 3.05) is 23.8 Å². The number of benzene rings is 1. The number of hydrogen-bond acceptors (Lipinski definition) is 6. The fourth-order valence-corrected chi connectivity index (χ4v) is 3.72. The number of aliphatic hydroxyl groups excluding tert-OH is 2. The first-order valence-corrected chi connectivity index (χ1v) is 10.0. The Morgan fingerprint density at radius 3 is 2.81 bits per heavy atom. The molecule has 3 heterocycles. The van der Waals surface area contributed by atoms with Crippen LogP contribution in [0.1, 0.15) is 31.4 Å². The summed E-state index contributed by atoms with van der Waals surface area (Å²) in [5, 5.41) is 24.1. The second-order valence-electron chi connectivity index (χ2n) is 8.04. The first-order chi connectivity index (χ1) is 14.8. The molecule has 162 valence electrons. The maximum atomic E-state index is 13.8. The minimum absolute atomic E-state index is 0.274. The van der Waals surface area contributed by atoms with E-state index in [1.54, 1.807) is 12.3 Å². The molecular weight excluding hydrogens is 401 g/mol. The van der Waals surface area contributed by atoms with Crippen molar-refractivity contribution in [1.82, 2.24) is 4.98 Å². The lowest BCUT2D eigenvalue weighted by Crippen LogP contribution is -2.21. The van der Waals surface area contributed by atoms with Crippen molar-refractivity contribution < 1.29 is 24.1 Å². The molecule has 0 bridgehead atoms. The van der Waals surface area contributed by atoms with Crippen LogP contribution in [0, 0.1) is 5.82 Å². The summed E-state index contributed by atoms with van der Waals surface area (Å²) in [5.74, 6) is 0.284. The number of anilines is 2. The zero-order chi connectivity index (χ0) is 22.2. The number of nitrogens with one attached hydrogen (secondary N) is 2. The fraction of sp³-hybridized carbons (Fsp3) is 0.304. The Balaban J connectivity index is 1.61. The van der Waals surface area contributed by atoms with E-state index < -0.39 is 17.5 Å². The summed E-state index contributed by atoms with van der Waals surface area (Å²) < 4.78 is 19.9. The molecule has 7 nitrogen and oxygen atoms in total. The van der Waals surface area contributed by atoms with Crippen molar-refractivity contribution in [1.29, 1.82) is 0 Å². The van der Waals surface area contributed by atoms with E-state index in [9.17, 15) is 14.3 Å². The summed E-state index contributed by atoms with van der Waals surface area (Å²) >= 11 is 0. The lowest BCUT2D eigenvalue weighted by atomic mass is 9.93. The van der Waals surface area contributed by atoms with Crippen LogP contribution in [0.4, 0.5) is 15.9 Å². The van der Waals surface area contributed by atoms with Crippen molar-refractivity contribution in [2.45, 2.75) is 32.0 Å². The van der Waals surface area contributed by atoms with Gasteiger partial charge >= 0.3 is 0 Å². The Hall–Kier alpha value is -3.23. The van der Waals surface area contributed by atoms with E-state index in [2.05, 4.69) is 15.6 Å². The third kappa shape index (κ3) is 4.17. The number of amides is 1. The van der Waals surface area contributed by atoms with Gasteiger partial charge in [-0.05, 0) is 56.7 Å². The molecular formula is C23H24FN3O4. The number of carbonyl (C=O) groups excluding carboxylic acids is 1. The number of ether oxygens (including phenoxy) is 1. The van der Waals surface area contributed by atoms with Crippen LogP contribution >= 0.6 is 0 Å². The molecule has 2 aliphatic heterocycles. The van der Waals surface area contributed by atoms with Crippen molar-refractivity contribution >= 4 is 28.6 Å². The van der Waals surface area contributed by atoms with Gasteiger partial charge < -0.3 is 25.6 Å². The molecule has 2 aliphatic rings. The van der Waals surface area contributed by atoms with E-state index in [-0.39, 0.29) is 12.5 Å². The third-order valence-corrected chi connectivity index (χ3v) is 5.33. The zero-order valence-electron chi connectivity index (χ0n) is 17.3. The van der Waals surface area contributed by atoms with Gasteiger partial charge in [0, 0.05) is 35.1 Å². The molecule has 0 radical (unpaired) electrons. The van der Waals surface area contributed by atoms with Gasteiger partial charge in [-0.1, -0.05) is 0 Å². The highest BCUT2D eigenvalue weighted by molar-refractivity contribution is 6.32. The number of hydrogen-bond donors (Lipinski definition) is 4. The van der Waals surface area contributed by atoms with Crippen LogP contribution in [0.5, 0.6) is 0 Å². The molecule has 31 heavy (non-hydrogen) atoms. The number of nitrogens with zero attached hydrogens (tertiary/aromatic N) is 1. The summed E-state index contributed by atoms with van der Waals surface area (Å²) in [4.78, 5) is 16.9. The van der Waals surface area contributed by atoms with E-state index >= 15 is 0 Å². The number of aliphatic hydroxyl groups is 2. The Labute approximate surface area is 179 Å². The van der Waals surface area contributed by atoms with Gasteiger partial charge in [-0.3, -0.25) is 4.79 Å². The Morgan fingerprint density at radius 2 is 2.10 bits per heavy atom. The normalized spacial score (nSPS) is 20.0. The first kappa shape index (κ1) is 21.0. The van der Waals surface area contributed by atoms with Gasteiger partial charge in [0.25, 0.3) is 5.91 Å². The van der Waals surface area contributed by atoms with Crippen molar-refractivity contribution in [3.63, 3.8) is 0 Å². The molecule has 8 heteroatoms. The third-order valence-electron chi connectivity index (χ3n) is 5.33. The fourth-order valence-electron chi connectivity index (χ4n) is 3.72. The molecule has 1 aromatic heterocycles. The van der Waals surface area contributed by atoms with Crippen molar-refractivity contribution in [3.05, 3.63) is 65.3 Å². The standard InChI is InChI=1S/C23H24FN3O4/c1-23(2)17(13-3-6-20(26-11-13)25-8-7-15(29)12-28)10-19(31-23)21-16-9-14(24)4-5-18(16)27-22(21)30/h3-6,9-11,15,28-29H,7-8,12H2,1-2H3,(H,25,26)(H,27,30)/b21-19+. The van der Waals surface area contributed by atoms with E-state index in [4.69, 9.17) is 9.84 Å². The quantitative estimate of drug-likeness (QED) is 0.531. The van der Waals surface area contributed by atoms with Gasteiger partial charge in [-0.25, -0.2) is 9.37 Å². The molecule has 0 saturated carbocycles. The molecule has 0 spiro atoms. The minimum Gasteiger partial charge on any atom is -0.482 e. The molecule has 2 aromatic rings. The lowest BCUT2D eigenvalue weighted by Gasteiger charge is -2.23. The summed E-state index contributed by atoms with van der Waals surface area (Å²) in [6, 6.07) is 7.88. The largest absolute Gasteiger partial charge is 0.482 e. The molecule has 0 saturated heterocycles. The smallest absolute Gasteiger partial charge is 0.260 e. The zero-order valence-corrected chi connectivity index (χ0v) is 17.3. The highest BCUT2D eigenvalue weighted by Crippen LogP contribution is 2.44. The molecule has 0 aliphatic carbocycles. The molecule has 0 fully saturated rings. The number of allylic oxidation sites excluding steroid dienone is 1. The molecule has 4 N–H and O–H groups in total. The molecule has 1 atom stereocenters. The van der Waals surface area contributed by atoms with Gasteiger partial charge in [0.1, 0.15) is 23.0 Å². The number of pyridine rings is 1. The topological polar surface area (TPSA) is 104 Å². The average Bonchev–Trinajstić information content (AvgIpc) is 3.22. The highest BCUT2D eigenvalue weighted by atomic mass is 19.1. The summed E-state index contributed by atoms with van der Waals surface area (Å²) in [5.41, 5.74) is 2.32. The van der Waals surface area contributed by atoms with Crippen LogP contribution in [0.3, 0.4) is 0 Å². The number of fused-ring (bicyclic) bond motifs is 1. The summed E-state index contributed by atoms with van der Waals surface area (Å²) in [7, 11) is 0. The lowest BCUT2D eigenvalue weighted by molar-refractivity contribution is -0.111. The summed E-state index contributed by atoms with van der Waals surface area (Å²) in [6.07, 6.45) is 3.16. The van der Waals surface area contributed by atoms with Crippen LogP contribution in [-0.2, 0) is 9.53 Å². The Kier molecular flexibility index (Phi) is 5.51. The van der Waals surface area contributed by atoms with E-state index in [0.717, 1.165) is 11.1 Å². The van der Waals surface area contributed by atoms with E-state index in [1.165, 1.54) is 18.2 Å². The molecule has 4 rings (SSSR count). The summed E-state index contributed by atoms with van der Waals surface area (Å²) in [6.45, 7) is 4.00. The van der Waals surface area contributed by atoms with E-state index in [1.807, 2.05) is 26.0 Å². The maximum Gasteiger partial charge on any atom is 0.260 e. The number of aromatic nitrogens is 1. The van der Waals surface area contributed by atoms with Gasteiger partial charge in [-0.2, -0.15) is 0 Å². The average molecular weight is 425 g/mol. The molecule has 1 unspecified atom stereocenters. The van der Waals surface area contributed by atoms with Crippen LogP contribution < -0.4 is 10.6 Å². The monoisotopic (exact) mass is 425 g/mol. The number of carbonyl (C=O) groups is 1. The predicted octanol–water partition coefficient (Wildman–Crippen LogP) is 2.93. The molecule has 1 aromatic carbocycles.